The fourth-order valence-corrected chi connectivity index (χ4v) is 3.78. The van der Waals surface area contributed by atoms with Crippen LogP contribution in [0.4, 0.5) is 0 Å². The van der Waals surface area contributed by atoms with E-state index in [1.807, 2.05) is 6.92 Å². The molecule has 7 heteroatoms. The number of aryl methyl sites for hydroxylation is 1. The molecule has 0 radical (unpaired) electrons. The van der Waals surface area contributed by atoms with Gasteiger partial charge in [-0.15, -0.1) is 0 Å². The summed E-state index contributed by atoms with van der Waals surface area (Å²) in [6.07, 6.45) is 4.02. The number of carbonyl (C=O) groups is 2. The van der Waals surface area contributed by atoms with Crippen molar-refractivity contribution >= 4 is 22.6 Å². The number of carboxylic acid groups (broad SMARTS) is 1. The number of fused-ring (bicyclic) bond motifs is 1. The van der Waals surface area contributed by atoms with E-state index >= 15 is 0 Å². The van der Waals surface area contributed by atoms with Gasteiger partial charge in [0.25, 0.3) is 11.5 Å². The standard InChI is InChI=1S/C21H27N3O4/c1-3-4-7-12-24-19(25)17-9-6-5-8-16(17)18(22-24)20(26)23-13-15(21(27)28)11-10-14(23)2/h5-6,8-9,14-15H,3-4,7,10-13H2,1-2H3,(H,27,28). The minimum atomic E-state index is -0.882. The van der Waals surface area contributed by atoms with Crippen LogP contribution in [0.1, 0.15) is 56.4 Å². The van der Waals surface area contributed by atoms with Crippen LogP contribution < -0.4 is 5.56 Å². The number of hydrogen-bond donors (Lipinski definition) is 1. The summed E-state index contributed by atoms with van der Waals surface area (Å²) in [5.41, 5.74) is 0.0305. The third-order valence-corrected chi connectivity index (χ3v) is 5.54. The summed E-state index contributed by atoms with van der Waals surface area (Å²) in [6.45, 7) is 4.64. The number of benzene rings is 1. The first-order valence-corrected chi connectivity index (χ1v) is 9.97. The largest absolute Gasteiger partial charge is 0.481 e. The van der Waals surface area contributed by atoms with Gasteiger partial charge in [0.2, 0.25) is 0 Å². The van der Waals surface area contributed by atoms with E-state index in [9.17, 15) is 19.5 Å². The molecule has 0 bridgehead atoms. The molecule has 1 aromatic carbocycles. The van der Waals surface area contributed by atoms with Crippen molar-refractivity contribution < 1.29 is 14.7 Å². The Kier molecular flexibility index (Phi) is 6.11. The van der Waals surface area contributed by atoms with Gasteiger partial charge in [-0.05, 0) is 32.3 Å². The fraction of sp³-hybridized carbons (Fsp3) is 0.524. The monoisotopic (exact) mass is 385 g/mol. The SMILES string of the molecule is CCCCCn1nc(C(=O)N2CC(C(=O)O)CCC2C)c2ccccc2c1=O. The van der Waals surface area contributed by atoms with Gasteiger partial charge in [-0.3, -0.25) is 14.4 Å². The van der Waals surface area contributed by atoms with Crippen LogP contribution in [0.5, 0.6) is 0 Å². The first-order chi connectivity index (χ1) is 13.4. The molecule has 1 aromatic heterocycles. The van der Waals surface area contributed by atoms with Gasteiger partial charge in [0.1, 0.15) is 0 Å². The minimum Gasteiger partial charge on any atom is -0.481 e. The van der Waals surface area contributed by atoms with Crippen molar-refractivity contribution in [2.24, 2.45) is 5.92 Å². The molecule has 0 aliphatic carbocycles. The Morgan fingerprint density at radius 2 is 1.89 bits per heavy atom. The van der Waals surface area contributed by atoms with Crippen LogP contribution in [-0.4, -0.2) is 44.3 Å². The summed E-state index contributed by atoms with van der Waals surface area (Å²) in [7, 11) is 0. The summed E-state index contributed by atoms with van der Waals surface area (Å²) in [4.78, 5) is 39.1. The Balaban J connectivity index is 2.03. The number of likely N-dealkylation sites (tertiary alicyclic amines) is 1. The number of nitrogens with zero attached hydrogens (tertiary/aromatic N) is 3. The Labute approximate surface area is 164 Å². The maximum Gasteiger partial charge on any atom is 0.308 e. The molecule has 1 saturated heterocycles. The average molecular weight is 385 g/mol. The van der Waals surface area contributed by atoms with Gasteiger partial charge >= 0.3 is 5.97 Å². The zero-order valence-corrected chi connectivity index (χ0v) is 16.4. The van der Waals surface area contributed by atoms with Crippen LogP contribution in [0.2, 0.25) is 0 Å². The molecule has 3 rings (SSSR count). The second-order valence-electron chi connectivity index (χ2n) is 7.55. The van der Waals surface area contributed by atoms with E-state index in [2.05, 4.69) is 12.0 Å². The van der Waals surface area contributed by atoms with Gasteiger partial charge in [0.05, 0.1) is 11.3 Å². The maximum absolute atomic E-state index is 13.3. The number of rotatable bonds is 6. The van der Waals surface area contributed by atoms with Crippen LogP contribution in [0.3, 0.4) is 0 Å². The lowest BCUT2D eigenvalue weighted by atomic mass is 9.93. The maximum atomic E-state index is 13.3. The van der Waals surface area contributed by atoms with Gasteiger partial charge in [-0.2, -0.15) is 5.10 Å². The highest BCUT2D eigenvalue weighted by Gasteiger charge is 2.34. The lowest BCUT2D eigenvalue weighted by molar-refractivity contribution is -0.143. The second-order valence-corrected chi connectivity index (χ2v) is 7.55. The van der Waals surface area contributed by atoms with E-state index in [-0.39, 0.29) is 29.7 Å². The molecule has 150 valence electrons. The smallest absolute Gasteiger partial charge is 0.308 e. The van der Waals surface area contributed by atoms with E-state index < -0.39 is 11.9 Å². The van der Waals surface area contributed by atoms with Gasteiger partial charge in [0, 0.05) is 24.5 Å². The summed E-state index contributed by atoms with van der Waals surface area (Å²) in [6, 6.07) is 6.94. The molecule has 2 unspecified atom stereocenters. The number of piperidine rings is 1. The number of unbranched alkanes of at least 4 members (excludes halogenated alkanes) is 2. The Hall–Kier alpha value is -2.70. The van der Waals surface area contributed by atoms with Crippen molar-refractivity contribution in [3.05, 3.63) is 40.3 Å². The second kappa shape index (κ2) is 8.54. The van der Waals surface area contributed by atoms with E-state index in [0.717, 1.165) is 19.3 Å². The van der Waals surface area contributed by atoms with Crippen LogP contribution in [0.25, 0.3) is 10.8 Å². The predicted octanol–water partition coefficient (Wildman–Crippen LogP) is 2.91. The Bertz CT molecular complexity index is 937. The Morgan fingerprint density at radius 1 is 1.18 bits per heavy atom. The van der Waals surface area contributed by atoms with Gasteiger partial charge in [-0.1, -0.05) is 38.0 Å². The van der Waals surface area contributed by atoms with E-state index in [1.54, 1.807) is 29.2 Å². The molecular weight excluding hydrogens is 358 g/mol. The van der Waals surface area contributed by atoms with Crippen LogP contribution in [0.15, 0.2) is 29.1 Å². The van der Waals surface area contributed by atoms with Gasteiger partial charge in [0.15, 0.2) is 5.69 Å². The predicted molar refractivity (Wildman–Crippen MR) is 106 cm³/mol. The molecule has 0 saturated carbocycles. The molecule has 0 spiro atoms. The normalized spacial score (nSPS) is 19.7. The Morgan fingerprint density at radius 3 is 2.57 bits per heavy atom. The van der Waals surface area contributed by atoms with Crippen molar-refractivity contribution in [3.63, 3.8) is 0 Å². The molecule has 2 heterocycles. The molecule has 2 atom stereocenters. The van der Waals surface area contributed by atoms with E-state index in [0.29, 0.717) is 30.2 Å². The average Bonchev–Trinajstić information content (AvgIpc) is 2.69. The molecule has 1 N–H and O–H groups in total. The number of aliphatic carboxylic acids is 1. The molecule has 28 heavy (non-hydrogen) atoms. The number of hydrogen-bond acceptors (Lipinski definition) is 4. The van der Waals surface area contributed by atoms with Gasteiger partial charge < -0.3 is 10.0 Å². The molecule has 1 aliphatic rings. The third-order valence-electron chi connectivity index (χ3n) is 5.54. The van der Waals surface area contributed by atoms with Crippen LogP contribution in [-0.2, 0) is 11.3 Å². The van der Waals surface area contributed by atoms with Crippen molar-refractivity contribution in [2.75, 3.05) is 6.54 Å². The van der Waals surface area contributed by atoms with Gasteiger partial charge in [-0.25, -0.2) is 4.68 Å². The number of aromatic nitrogens is 2. The van der Waals surface area contributed by atoms with Crippen molar-refractivity contribution in [1.82, 2.24) is 14.7 Å². The summed E-state index contributed by atoms with van der Waals surface area (Å²) in [5.74, 6) is -1.76. The number of carbonyl (C=O) groups excluding carboxylic acids is 1. The van der Waals surface area contributed by atoms with Crippen molar-refractivity contribution in [3.8, 4) is 0 Å². The molecule has 7 nitrogen and oxygen atoms in total. The highest BCUT2D eigenvalue weighted by atomic mass is 16.4. The van der Waals surface area contributed by atoms with Crippen LogP contribution in [0, 0.1) is 5.92 Å². The molecular formula is C21H27N3O4. The quantitative estimate of drug-likeness (QED) is 0.772. The molecule has 2 aromatic rings. The molecule has 1 aliphatic heterocycles. The zero-order valence-electron chi connectivity index (χ0n) is 16.4. The number of amides is 1. The topological polar surface area (TPSA) is 92.5 Å². The summed E-state index contributed by atoms with van der Waals surface area (Å²) < 4.78 is 1.38. The number of carboxylic acids is 1. The van der Waals surface area contributed by atoms with Crippen molar-refractivity contribution in [1.29, 1.82) is 0 Å². The summed E-state index contributed by atoms with van der Waals surface area (Å²) in [5, 5.41) is 14.8. The fourth-order valence-electron chi connectivity index (χ4n) is 3.78. The van der Waals surface area contributed by atoms with Crippen LogP contribution >= 0.6 is 0 Å². The highest BCUT2D eigenvalue weighted by molar-refractivity contribution is 6.05. The highest BCUT2D eigenvalue weighted by Crippen LogP contribution is 2.25. The first kappa shape index (κ1) is 20.0. The van der Waals surface area contributed by atoms with Crippen molar-refractivity contribution in [2.45, 2.75) is 58.5 Å². The summed E-state index contributed by atoms with van der Waals surface area (Å²) >= 11 is 0. The van der Waals surface area contributed by atoms with E-state index in [1.165, 1.54) is 4.68 Å². The molecule has 1 amide bonds. The zero-order chi connectivity index (χ0) is 20.3. The lowest BCUT2D eigenvalue weighted by Gasteiger charge is -2.36. The van der Waals surface area contributed by atoms with E-state index in [4.69, 9.17) is 0 Å². The third kappa shape index (κ3) is 3.93. The lowest BCUT2D eigenvalue weighted by Crippen LogP contribution is -2.48. The molecule has 1 fully saturated rings. The minimum absolute atomic E-state index is 0.0656. The first-order valence-electron chi connectivity index (χ1n) is 9.97.